The van der Waals surface area contributed by atoms with Gasteiger partial charge in [-0.2, -0.15) is 13.2 Å². The number of primary amides is 1. The Morgan fingerprint density at radius 2 is 1.74 bits per heavy atom. The fraction of sp³-hybridized carbons (Fsp3) is 0.500. The largest absolute Gasteiger partial charge is 0.416 e. The zero-order valence-electron chi connectivity index (χ0n) is 15.4. The second-order valence-electron chi connectivity index (χ2n) is 6.75. The van der Waals surface area contributed by atoms with Gasteiger partial charge in [0.15, 0.2) is 0 Å². The lowest BCUT2D eigenvalue weighted by molar-refractivity contribution is -0.137. The fourth-order valence-electron chi connectivity index (χ4n) is 2.55. The van der Waals surface area contributed by atoms with Gasteiger partial charge in [-0.25, -0.2) is 0 Å². The van der Waals surface area contributed by atoms with Crippen molar-refractivity contribution in [3.63, 3.8) is 0 Å². The van der Waals surface area contributed by atoms with Crippen molar-refractivity contribution in [3.8, 4) is 0 Å². The lowest BCUT2D eigenvalue weighted by Gasteiger charge is -2.23. The molecule has 150 valence electrons. The Labute approximate surface area is 155 Å². The first-order chi connectivity index (χ1) is 12.4. The first-order valence-corrected chi connectivity index (χ1v) is 8.43. The second-order valence-corrected chi connectivity index (χ2v) is 6.75. The highest BCUT2D eigenvalue weighted by Gasteiger charge is 2.31. The molecule has 0 spiro atoms. The normalized spacial score (nSPS) is 13.7. The molecule has 0 saturated heterocycles. The topological polar surface area (TPSA) is 101 Å². The van der Waals surface area contributed by atoms with Gasteiger partial charge in [0.2, 0.25) is 17.7 Å². The van der Waals surface area contributed by atoms with Crippen molar-refractivity contribution in [2.75, 3.05) is 0 Å². The maximum atomic E-state index is 12.8. The number of nitrogens with one attached hydrogen (secondary N) is 2. The van der Waals surface area contributed by atoms with Crippen molar-refractivity contribution < 1.29 is 27.6 Å². The van der Waals surface area contributed by atoms with Crippen molar-refractivity contribution in [2.24, 2.45) is 11.7 Å². The maximum absolute atomic E-state index is 12.8. The predicted octanol–water partition coefficient (Wildman–Crippen LogP) is 1.77. The van der Waals surface area contributed by atoms with Crippen LogP contribution in [-0.2, 0) is 27.0 Å². The van der Waals surface area contributed by atoms with Gasteiger partial charge in [-0.1, -0.05) is 32.0 Å². The molecule has 0 bridgehead atoms. The Hall–Kier alpha value is -2.58. The quantitative estimate of drug-likeness (QED) is 0.634. The number of amides is 3. The van der Waals surface area contributed by atoms with Gasteiger partial charge in [-0.15, -0.1) is 0 Å². The van der Waals surface area contributed by atoms with Crippen molar-refractivity contribution >= 4 is 17.7 Å². The fourth-order valence-corrected chi connectivity index (χ4v) is 2.55. The molecule has 0 aliphatic carbocycles. The van der Waals surface area contributed by atoms with Crippen LogP contribution in [0.5, 0.6) is 0 Å². The molecule has 4 N–H and O–H groups in total. The van der Waals surface area contributed by atoms with E-state index in [4.69, 9.17) is 5.73 Å². The van der Waals surface area contributed by atoms with Crippen LogP contribution >= 0.6 is 0 Å². The van der Waals surface area contributed by atoms with Crippen molar-refractivity contribution in [1.29, 1.82) is 0 Å². The molecule has 0 aromatic heterocycles. The van der Waals surface area contributed by atoms with Crippen LogP contribution in [0.15, 0.2) is 24.3 Å². The van der Waals surface area contributed by atoms with Crippen LogP contribution in [0, 0.1) is 5.92 Å². The number of hydrogen-bond donors (Lipinski definition) is 3. The summed E-state index contributed by atoms with van der Waals surface area (Å²) < 4.78 is 38.5. The minimum Gasteiger partial charge on any atom is -0.368 e. The number of nitrogens with two attached hydrogens (primary N) is 1. The van der Waals surface area contributed by atoms with Gasteiger partial charge in [-0.05, 0) is 24.0 Å². The van der Waals surface area contributed by atoms with E-state index in [-0.39, 0.29) is 17.9 Å². The Bertz CT molecular complexity index is 690. The minimum absolute atomic E-state index is 0.0862. The third kappa shape index (κ3) is 7.67. The van der Waals surface area contributed by atoms with Crippen LogP contribution in [-0.4, -0.2) is 29.8 Å². The molecular weight excluding hydrogens is 363 g/mol. The molecule has 1 aromatic carbocycles. The molecule has 0 aliphatic rings. The van der Waals surface area contributed by atoms with Crippen LogP contribution in [0.4, 0.5) is 13.2 Å². The van der Waals surface area contributed by atoms with E-state index in [0.717, 1.165) is 12.1 Å². The predicted molar refractivity (Wildman–Crippen MR) is 93.3 cm³/mol. The maximum Gasteiger partial charge on any atom is 0.416 e. The molecule has 3 amide bonds. The minimum atomic E-state index is -4.52. The van der Waals surface area contributed by atoms with Crippen molar-refractivity contribution in [2.45, 2.75) is 51.9 Å². The van der Waals surface area contributed by atoms with E-state index in [1.54, 1.807) is 0 Å². The van der Waals surface area contributed by atoms with Crippen molar-refractivity contribution in [1.82, 2.24) is 10.6 Å². The third-order valence-corrected chi connectivity index (χ3v) is 3.76. The highest BCUT2D eigenvalue weighted by molar-refractivity contribution is 5.91. The highest BCUT2D eigenvalue weighted by atomic mass is 19.4. The molecule has 2 atom stereocenters. The highest BCUT2D eigenvalue weighted by Crippen LogP contribution is 2.29. The molecule has 1 aromatic rings. The number of rotatable bonds is 8. The Morgan fingerprint density at radius 1 is 1.11 bits per heavy atom. The first kappa shape index (κ1) is 22.5. The van der Waals surface area contributed by atoms with Gasteiger partial charge in [0.25, 0.3) is 0 Å². The number of alkyl halides is 3. The van der Waals surface area contributed by atoms with Gasteiger partial charge in [-0.3, -0.25) is 14.4 Å². The van der Waals surface area contributed by atoms with E-state index in [2.05, 4.69) is 10.6 Å². The van der Waals surface area contributed by atoms with Crippen LogP contribution in [0.25, 0.3) is 0 Å². The Balaban J connectivity index is 2.94. The molecule has 9 heteroatoms. The van der Waals surface area contributed by atoms with Gasteiger partial charge in [0, 0.05) is 13.3 Å². The van der Waals surface area contributed by atoms with Crippen LogP contribution in [0.1, 0.15) is 38.3 Å². The molecule has 27 heavy (non-hydrogen) atoms. The van der Waals surface area contributed by atoms with E-state index >= 15 is 0 Å². The lowest BCUT2D eigenvalue weighted by Crippen LogP contribution is -2.53. The van der Waals surface area contributed by atoms with E-state index < -0.39 is 41.5 Å². The molecule has 0 radical (unpaired) electrons. The summed E-state index contributed by atoms with van der Waals surface area (Å²) in [5.74, 6) is -1.83. The summed E-state index contributed by atoms with van der Waals surface area (Å²) in [5.41, 5.74) is 4.64. The molecule has 1 rings (SSSR count). The SMILES string of the molecule is CC(=O)N[C@@H](CC(C)C)C(=O)N[C@@H](Cc1cccc(C(F)(F)F)c1)C(N)=O. The summed E-state index contributed by atoms with van der Waals surface area (Å²) >= 11 is 0. The third-order valence-electron chi connectivity index (χ3n) is 3.76. The molecular formula is C18H24F3N3O3. The van der Waals surface area contributed by atoms with Gasteiger partial charge >= 0.3 is 6.18 Å². The zero-order chi connectivity index (χ0) is 20.8. The smallest absolute Gasteiger partial charge is 0.368 e. The van der Waals surface area contributed by atoms with E-state index in [1.807, 2.05) is 13.8 Å². The molecule has 6 nitrogen and oxygen atoms in total. The molecule has 0 unspecified atom stereocenters. The van der Waals surface area contributed by atoms with E-state index in [9.17, 15) is 27.6 Å². The monoisotopic (exact) mass is 387 g/mol. The van der Waals surface area contributed by atoms with Gasteiger partial charge < -0.3 is 16.4 Å². The van der Waals surface area contributed by atoms with Gasteiger partial charge in [0.1, 0.15) is 12.1 Å². The Kier molecular flexibility index (Phi) is 7.81. The molecule has 0 heterocycles. The van der Waals surface area contributed by atoms with E-state index in [0.29, 0.717) is 6.42 Å². The molecule has 0 saturated carbocycles. The lowest BCUT2D eigenvalue weighted by atomic mass is 10.0. The first-order valence-electron chi connectivity index (χ1n) is 8.43. The summed E-state index contributed by atoms with van der Waals surface area (Å²) in [6.45, 7) is 4.97. The summed E-state index contributed by atoms with van der Waals surface area (Å²) in [6, 6.07) is 2.38. The zero-order valence-corrected chi connectivity index (χ0v) is 15.4. The standard InChI is InChI=1S/C18H24F3N3O3/c1-10(2)7-15(23-11(3)25)17(27)24-14(16(22)26)9-12-5-4-6-13(8-12)18(19,20)21/h4-6,8,10,14-15H,7,9H2,1-3H3,(H2,22,26)(H,23,25)(H,24,27)/t14-,15-/m0/s1. The average molecular weight is 387 g/mol. The second kappa shape index (κ2) is 9.38. The summed E-state index contributed by atoms with van der Waals surface area (Å²) in [7, 11) is 0. The summed E-state index contributed by atoms with van der Waals surface area (Å²) in [6.07, 6.45) is -4.38. The number of carbonyl (C=O) groups is 3. The van der Waals surface area contributed by atoms with Crippen LogP contribution in [0.3, 0.4) is 0 Å². The van der Waals surface area contributed by atoms with Gasteiger partial charge in [0.05, 0.1) is 5.56 Å². The number of carbonyl (C=O) groups excluding carboxylic acids is 3. The van der Waals surface area contributed by atoms with Crippen LogP contribution in [0.2, 0.25) is 0 Å². The van der Waals surface area contributed by atoms with E-state index in [1.165, 1.54) is 19.1 Å². The number of benzene rings is 1. The van der Waals surface area contributed by atoms with Crippen molar-refractivity contribution in [3.05, 3.63) is 35.4 Å². The van der Waals surface area contributed by atoms with Crippen LogP contribution < -0.4 is 16.4 Å². The summed E-state index contributed by atoms with van der Waals surface area (Å²) in [4.78, 5) is 35.4. The molecule has 0 fully saturated rings. The molecule has 0 aliphatic heterocycles. The average Bonchev–Trinajstić information content (AvgIpc) is 2.52. The Morgan fingerprint density at radius 3 is 2.22 bits per heavy atom. The summed E-state index contributed by atoms with van der Waals surface area (Å²) in [5, 5.41) is 4.92. The number of hydrogen-bond acceptors (Lipinski definition) is 3. The number of halogens is 3.